The molecule has 2 fully saturated rings. The summed E-state index contributed by atoms with van der Waals surface area (Å²) in [6, 6.07) is 15.4. The second-order valence-corrected chi connectivity index (χ2v) is 23.3. The molecule has 0 radical (unpaired) electrons. The zero-order valence-electron chi connectivity index (χ0n) is 38.3. The van der Waals surface area contributed by atoms with E-state index >= 15 is 0 Å². The number of rotatable bonds is 15. The van der Waals surface area contributed by atoms with Crippen molar-refractivity contribution in [3.8, 4) is 11.5 Å². The Morgan fingerprint density at radius 1 is 1.01 bits per heavy atom. The van der Waals surface area contributed by atoms with Gasteiger partial charge < -0.3 is 19.9 Å². The Bertz CT molecular complexity index is 3050. The number of alkyl halides is 3. The number of nitrogens with one attached hydrogen (secondary N) is 2. The van der Waals surface area contributed by atoms with Gasteiger partial charge in [0.15, 0.2) is 15.6 Å². The van der Waals surface area contributed by atoms with Gasteiger partial charge in [0, 0.05) is 86.8 Å². The number of piperazine rings is 1. The number of nitrogens with zero attached hydrogens (tertiary/aromatic N) is 5. The molecule has 0 unspecified atom stereocenters. The Kier molecular flexibility index (Phi) is 14.2. The molecule has 21 heteroatoms. The molecular weight excluding hydrogens is 959 g/mol. The number of ether oxygens (including phenoxy) is 1. The van der Waals surface area contributed by atoms with Gasteiger partial charge in [-0.1, -0.05) is 37.1 Å². The third-order valence-corrected chi connectivity index (χ3v) is 16.4. The predicted octanol–water partition coefficient (Wildman–Crippen LogP) is 9.46. The highest BCUT2D eigenvalue weighted by Gasteiger charge is 2.34. The monoisotopic (exact) mass is 1010 g/mol. The number of piperidine rings is 1. The first-order valence-electron chi connectivity index (χ1n) is 22.6. The number of Topliss-reactive ketones (excluding diaryl/α,β-unsaturated/α-hetero) is 1. The van der Waals surface area contributed by atoms with Crippen LogP contribution >= 0.6 is 11.6 Å². The number of aromatic amines is 1. The number of pyridine rings is 1. The molecule has 0 spiro atoms. The van der Waals surface area contributed by atoms with Crippen molar-refractivity contribution in [3.63, 3.8) is 0 Å². The van der Waals surface area contributed by atoms with Crippen molar-refractivity contribution in [2.45, 2.75) is 57.0 Å². The molecule has 3 aliphatic rings. The quantitative estimate of drug-likeness (QED) is 0.0575. The lowest BCUT2D eigenvalue weighted by molar-refractivity contribution is -0.384. The number of hydrogen-bond acceptors (Lipinski definition) is 12. The fraction of sp³-hybridized carbons (Fsp3) is 0.417. The summed E-state index contributed by atoms with van der Waals surface area (Å²) in [7, 11) is -7.84. The Balaban J connectivity index is 0.996. The van der Waals surface area contributed by atoms with Crippen molar-refractivity contribution in [1.29, 1.82) is 0 Å². The Morgan fingerprint density at radius 2 is 1.78 bits per heavy atom. The van der Waals surface area contributed by atoms with Crippen LogP contribution in [0, 0.1) is 21.4 Å². The molecule has 69 heavy (non-hydrogen) atoms. The Morgan fingerprint density at radius 3 is 2.49 bits per heavy atom. The number of hydrogen-bond donors (Lipinski definition) is 2. The molecule has 1 atom stereocenters. The number of H-pyrrole nitrogens is 1. The van der Waals surface area contributed by atoms with Crippen LogP contribution in [0.3, 0.4) is 0 Å². The number of halogens is 4. The second kappa shape index (κ2) is 19.7. The van der Waals surface area contributed by atoms with Crippen molar-refractivity contribution in [2.24, 2.45) is 11.3 Å². The fourth-order valence-electron chi connectivity index (χ4n) is 9.38. The van der Waals surface area contributed by atoms with E-state index in [9.17, 15) is 44.9 Å². The van der Waals surface area contributed by atoms with Crippen LogP contribution in [0.1, 0.15) is 67.4 Å². The van der Waals surface area contributed by atoms with Gasteiger partial charge in [0.25, 0.3) is 5.69 Å². The van der Waals surface area contributed by atoms with E-state index in [1.54, 1.807) is 30.5 Å². The number of carbonyl (C=O) groups excluding carboxylic acids is 1. The van der Waals surface area contributed by atoms with Crippen LogP contribution in [0.15, 0.2) is 89.6 Å². The third kappa shape index (κ3) is 11.7. The summed E-state index contributed by atoms with van der Waals surface area (Å²) < 4.78 is 100. The molecule has 2 aromatic heterocycles. The van der Waals surface area contributed by atoms with E-state index in [2.05, 4.69) is 38.9 Å². The standard InChI is InChI=1S/C48H53ClF3N7O8S2/c1-47(2)14-12-33(40(25-47)38-9-6-34(22-41(38)49)48(50,51)52)29-56-17-19-57(20-18-56)35-7-10-39(45(23-35)67-36-21-32-13-15-53-46(32)55-27-36)44(60)30-69(65,66)37-8-11-42(43(24-37)59(61)62)54-26-31-5-4-16-58(28-31)68(3,63)64/h6-11,13,15,21-24,27,31,54H,4-5,12,14,16-20,25-26,28-30H2,1-3H3,(H,53,55)/t31-/m0/s1. The maximum atomic E-state index is 14.1. The van der Waals surface area contributed by atoms with E-state index in [1.165, 1.54) is 34.8 Å². The molecule has 0 bridgehead atoms. The van der Waals surface area contributed by atoms with Gasteiger partial charge in [-0.2, -0.15) is 13.2 Å². The van der Waals surface area contributed by atoms with Crippen molar-refractivity contribution in [2.75, 3.05) is 74.6 Å². The molecule has 8 rings (SSSR count). The summed E-state index contributed by atoms with van der Waals surface area (Å²) in [6.07, 6.45) is 3.55. The van der Waals surface area contributed by atoms with Crippen LogP contribution in [-0.2, 0) is 26.0 Å². The van der Waals surface area contributed by atoms with Gasteiger partial charge in [-0.05, 0) is 103 Å². The highest BCUT2D eigenvalue weighted by Crippen LogP contribution is 2.46. The molecule has 368 valence electrons. The molecule has 2 N–H and O–H groups in total. The van der Waals surface area contributed by atoms with E-state index in [-0.39, 0.29) is 46.4 Å². The van der Waals surface area contributed by atoms with Gasteiger partial charge in [0.1, 0.15) is 28.6 Å². The van der Waals surface area contributed by atoms with E-state index in [1.807, 2.05) is 0 Å². The lowest BCUT2D eigenvalue weighted by Gasteiger charge is -2.39. The lowest BCUT2D eigenvalue weighted by Crippen LogP contribution is -2.47. The molecule has 0 amide bonds. The van der Waals surface area contributed by atoms with Gasteiger partial charge in [0.2, 0.25) is 10.0 Å². The summed E-state index contributed by atoms with van der Waals surface area (Å²) in [5.74, 6) is -1.56. The largest absolute Gasteiger partial charge is 0.455 e. The van der Waals surface area contributed by atoms with Gasteiger partial charge in [-0.15, -0.1) is 0 Å². The number of aromatic nitrogens is 2. The highest BCUT2D eigenvalue weighted by atomic mass is 35.5. The number of sulfonamides is 1. The molecule has 3 aromatic carbocycles. The summed E-state index contributed by atoms with van der Waals surface area (Å²) >= 11 is 6.54. The van der Waals surface area contributed by atoms with Crippen LogP contribution in [-0.4, -0.2) is 111 Å². The van der Waals surface area contributed by atoms with Crippen LogP contribution in [0.5, 0.6) is 11.5 Å². The van der Waals surface area contributed by atoms with E-state index in [4.69, 9.17) is 16.3 Å². The van der Waals surface area contributed by atoms with Crippen molar-refractivity contribution in [1.82, 2.24) is 19.2 Å². The number of anilines is 2. The second-order valence-electron chi connectivity index (χ2n) is 18.9. The van der Waals surface area contributed by atoms with E-state index < -0.39 is 58.6 Å². The molecule has 5 aromatic rings. The van der Waals surface area contributed by atoms with Crippen molar-refractivity contribution >= 4 is 70.9 Å². The molecule has 2 saturated heterocycles. The number of sulfone groups is 1. The average Bonchev–Trinajstić information content (AvgIpc) is 3.76. The summed E-state index contributed by atoms with van der Waals surface area (Å²) in [4.78, 5) is 37.0. The number of benzene rings is 3. The number of fused-ring (bicyclic) bond motifs is 1. The maximum Gasteiger partial charge on any atom is 0.416 e. The van der Waals surface area contributed by atoms with Crippen LogP contribution in [0.4, 0.5) is 30.2 Å². The Labute approximate surface area is 403 Å². The summed E-state index contributed by atoms with van der Waals surface area (Å²) in [6.45, 7) is 8.24. The zero-order valence-corrected chi connectivity index (χ0v) is 40.7. The number of allylic oxidation sites excluding steroid dienone is 1. The van der Waals surface area contributed by atoms with Crippen molar-refractivity contribution < 1.29 is 44.5 Å². The van der Waals surface area contributed by atoms with Gasteiger partial charge in [-0.3, -0.25) is 19.8 Å². The summed E-state index contributed by atoms with van der Waals surface area (Å²) in [5.41, 5.74) is 2.75. The minimum Gasteiger partial charge on any atom is -0.455 e. The van der Waals surface area contributed by atoms with Crippen LogP contribution in [0.2, 0.25) is 5.02 Å². The van der Waals surface area contributed by atoms with Gasteiger partial charge in [-0.25, -0.2) is 26.1 Å². The number of nitro groups is 1. The molecule has 4 heterocycles. The molecule has 2 aliphatic heterocycles. The van der Waals surface area contributed by atoms with E-state index in [0.717, 1.165) is 53.8 Å². The topological polar surface area (TPSA) is 188 Å². The minimum absolute atomic E-state index is 0.0276. The first kappa shape index (κ1) is 49.9. The Hall–Kier alpha value is -5.54. The average molecular weight is 1010 g/mol. The fourth-order valence-corrected chi connectivity index (χ4v) is 11.8. The first-order chi connectivity index (χ1) is 32.5. The molecular formula is C48H53ClF3N7O8S2. The first-order valence-corrected chi connectivity index (χ1v) is 26.4. The lowest BCUT2D eigenvalue weighted by atomic mass is 9.72. The van der Waals surface area contributed by atoms with Crippen molar-refractivity contribution in [3.05, 3.63) is 117 Å². The minimum atomic E-state index is -4.51. The molecule has 15 nitrogen and oxygen atoms in total. The molecule has 0 saturated carbocycles. The zero-order chi connectivity index (χ0) is 49.5. The maximum absolute atomic E-state index is 14.1. The number of nitro benzene ring substituents is 1. The predicted molar refractivity (Wildman–Crippen MR) is 259 cm³/mol. The third-order valence-electron chi connectivity index (χ3n) is 13.2. The SMILES string of the molecule is CC1(C)CCC(CN2CCN(c3ccc(C(=O)CS(=O)(=O)c4ccc(NC[C@@H]5CCCN(S(C)(=O)=O)C5)c([N+](=O)[O-])c4)c(Oc4cnc5[nH]ccc5c4)c3)CC2)=C(c2ccc(C(F)(F)F)cc2Cl)C1. The number of ketones is 1. The van der Waals surface area contributed by atoms with Gasteiger partial charge >= 0.3 is 6.18 Å². The summed E-state index contributed by atoms with van der Waals surface area (Å²) in [5, 5.41) is 16.0. The normalized spacial score (nSPS) is 18.7. The highest BCUT2D eigenvalue weighted by molar-refractivity contribution is 7.92. The van der Waals surface area contributed by atoms with Crippen LogP contribution < -0.4 is 15.0 Å². The number of carbonyl (C=O) groups is 1. The molecule has 1 aliphatic carbocycles. The van der Waals surface area contributed by atoms with Gasteiger partial charge in [0.05, 0.1) is 33.4 Å². The van der Waals surface area contributed by atoms with E-state index in [0.29, 0.717) is 81.2 Å². The van der Waals surface area contributed by atoms with Crippen LogP contribution in [0.25, 0.3) is 16.6 Å². The smallest absolute Gasteiger partial charge is 0.416 e.